The van der Waals surface area contributed by atoms with Crippen molar-refractivity contribution in [3.05, 3.63) is 53.6 Å². The standard InChI is InChI=1S/C23H28N4O3/c1-15-8-7-9-16(2)23(15)25-21(29)13-26(4)14-22(30)27-17(3)12-20(28)24-18-10-5-6-11-19(18)27/h5-11,17H,12-14H2,1-4H3,(H,24,28)(H,25,29)/p+1/t17-/m0/s1. The molecule has 0 saturated carbocycles. The monoisotopic (exact) mass is 409 g/mol. The predicted molar refractivity (Wildman–Crippen MR) is 118 cm³/mol. The minimum absolute atomic E-state index is 0.112. The van der Waals surface area contributed by atoms with Gasteiger partial charge < -0.3 is 20.4 Å². The number of quaternary nitrogens is 1. The predicted octanol–water partition coefficient (Wildman–Crippen LogP) is 1.52. The van der Waals surface area contributed by atoms with Crippen molar-refractivity contribution in [2.24, 2.45) is 0 Å². The second-order valence-electron chi connectivity index (χ2n) is 8.01. The van der Waals surface area contributed by atoms with Crippen molar-refractivity contribution >= 4 is 34.8 Å². The highest BCUT2D eigenvalue weighted by atomic mass is 16.2. The summed E-state index contributed by atoms with van der Waals surface area (Å²) in [6.07, 6.45) is 0.229. The molecule has 1 aliphatic heterocycles. The van der Waals surface area contributed by atoms with Gasteiger partial charge in [-0.3, -0.25) is 14.4 Å². The summed E-state index contributed by atoms with van der Waals surface area (Å²) in [5, 5.41) is 5.82. The zero-order chi connectivity index (χ0) is 21.8. The quantitative estimate of drug-likeness (QED) is 0.700. The molecule has 3 rings (SSSR count). The van der Waals surface area contributed by atoms with E-state index in [0.29, 0.717) is 11.4 Å². The van der Waals surface area contributed by atoms with Crippen molar-refractivity contribution in [1.29, 1.82) is 0 Å². The Morgan fingerprint density at radius 2 is 1.77 bits per heavy atom. The lowest BCUT2D eigenvalue weighted by molar-refractivity contribution is -0.862. The first-order valence-electron chi connectivity index (χ1n) is 10.1. The molecule has 0 radical (unpaired) electrons. The van der Waals surface area contributed by atoms with Crippen LogP contribution in [-0.4, -0.2) is 43.9 Å². The van der Waals surface area contributed by atoms with Gasteiger partial charge in [-0.15, -0.1) is 0 Å². The first-order chi connectivity index (χ1) is 14.3. The fourth-order valence-electron chi connectivity index (χ4n) is 3.84. The number of anilines is 3. The Kier molecular flexibility index (Phi) is 6.52. The molecule has 7 heteroatoms. The maximum absolute atomic E-state index is 13.1. The highest BCUT2D eigenvalue weighted by Gasteiger charge is 2.31. The van der Waals surface area contributed by atoms with Crippen molar-refractivity contribution in [3.63, 3.8) is 0 Å². The second-order valence-corrected chi connectivity index (χ2v) is 8.01. The van der Waals surface area contributed by atoms with Gasteiger partial charge in [0.1, 0.15) is 0 Å². The van der Waals surface area contributed by atoms with Crippen molar-refractivity contribution in [3.8, 4) is 0 Å². The summed E-state index contributed by atoms with van der Waals surface area (Å²) in [5.74, 6) is -0.374. The van der Waals surface area contributed by atoms with E-state index in [1.807, 2.05) is 64.2 Å². The van der Waals surface area contributed by atoms with Crippen molar-refractivity contribution < 1.29 is 19.3 Å². The Balaban J connectivity index is 1.68. The van der Waals surface area contributed by atoms with Gasteiger partial charge >= 0.3 is 0 Å². The van der Waals surface area contributed by atoms with E-state index in [1.54, 1.807) is 11.0 Å². The van der Waals surface area contributed by atoms with Crippen LogP contribution < -0.4 is 20.4 Å². The number of rotatable bonds is 5. The van der Waals surface area contributed by atoms with E-state index in [0.717, 1.165) is 21.7 Å². The minimum atomic E-state index is -0.266. The number of hydrogen-bond acceptors (Lipinski definition) is 3. The summed E-state index contributed by atoms with van der Waals surface area (Å²) in [7, 11) is 1.82. The molecular weight excluding hydrogens is 380 g/mol. The van der Waals surface area contributed by atoms with E-state index in [9.17, 15) is 14.4 Å². The maximum atomic E-state index is 13.1. The maximum Gasteiger partial charge on any atom is 0.282 e. The largest absolute Gasteiger partial charge is 0.324 e. The van der Waals surface area contributed by atoms with Crippen molar-refractivity contribution in [1.82, 2.24) is 0 Å². The number of carbonyl (C=O) groups excluding carboxylic acids is 3. The van der Waals surface area contributed by atoms with Crippen LogP contribution in [0.3, 0.4) is 0 Å². The van der Waals surface area contributed by atoms with Crippen LogP contribution in [0.15, 0.2) is 42.5 Å². The van der Waals surface area contributed by atoms with Crippen LogP contribution >= 0.6 is 0 Å². The van der Waals surface area contributed by atoms with Crippen LogP contribution in [0.25, 0.3) is 0 Å². The van der Waals surface area contributed by atoms with Gasteiger partial charge in [0, 0.05) is 18.2 Å². The lowest BCUT2D eigenvalue weighted by atomic mass is 10.1. The topological polar surface area (TPSA) is 82.9 Å². The molecule has 1 unspecified atom stereocenters. The smallest absolute Gasteiger partial charge is 0.282 e. The molecule has 0 bridgehead atoms. The Hall–Kier alpha value is -3.19. The SMILES string of the molecule is Cc1cccc(C)c1NC(=O)C[NH+](C)CC(=O)N1c2ccccc2NC(=O)C[C@@H]1C. The van der Waals surface area contributed by atoms with Gasteiger partial charge in [-0.1, -0.05) is 30.3 Å². The van der Waals surface area contributed by atoms with E-state index in [1.165, 1.54) is 0 Å². The van der Waals surface area contributed by atoms with E-state index >= 15 is 0 Å². The molecule has 2 aromatic carbocycles. The lowest BCUT2D eigenvalue weighted by Gasteiger charge is -2.28. The van der Waals surface area contributed by atoms with Gasteiger partial charge in [0.15, 0.2) is 13.1 Å². The van der Waals surface area contributed by atoms with E-state index < -0.39 is 0 Å². The van der Waals surface area contributed by atoms with Crippen molar-refractivity contribution in [2.75, 3.05) is 35.7 Å². The molecule has 3 N–H and O–H groups in total. The number of nitrogens with zero attached hydrogens (tertiary/aromatic N) is 1. The fraction of sp³-hybridized carbons (Fsp3) is 0.348. The number of aryl methyl sites for hydroxylation is 2. The van der Waals surface area contributed by atoms with Gasteiger partial charge in [-0.05, 0) is 44.0 Å². The van der Waals surface area contributed by atoms with E-state index in [2.05, 4.69) is 10.6 Å². The molecule has 0 fully saturated rings. The molecule has 2 aromatic rings. The Morgan fingerprint density at radius 1 is 1.10 bits per heavy atom. The lowest BCUT2D eigenvalue weighted by Crippen LogP contribution is -3.11. The number of benzene rings is 2. The third kappa shape index (κ3) is 4.86. The Morgan fingerprint density at radius 3 is 2.47 bits per heavy atom. The summed E-state index contributed by atoms with van der Waals surface area (Å²) >= 11 is 0. The van der Waals surface area contributed by atoms with Crippen LogP contribution in [0.5, 0.6) is 0 Å². The van der Waals surface area contributed by atoms with Gasteiger partial charge in [0.05, 0.1) is 18.4 Å². The minimum Gasteiger partial charge on any atom is -0.324 e. The number of fused-ring (bicyclic) bond motifs is 1. The zero-order valence-corrected chi connectivity index (χ0v) is 17.9. The average Bonchev–Trinajstić information content (AvgIpc) is 2.78. The third-order valence-electron chi connectivity index (χ3n) is 5.29. The molecule has 0 aromatic heterocycles. The molecule has 1 heterocycles. The van der Waals surface area contributed by atoms with E-state index in [4.69, 9.17) is 0 Å². The summed E-state index contributed by atoms with van der Waals surface area (Å²) in [6.45, 7) is 6.09. The second kappa shape index (κ2) is 9.09. The molecule has 1 aliphatic rings. The molecule has 0 saturated heterocycles. The third-order valence-corrected chi connectivity index (χ3v) is 5.29. The zero-order valence-electron chi connectivity index (χ0n) is 17.9. The Labute approximate surface area is 177 Å². The van der Waals surface area contributed by atoms with Gasteiger partial charge in [0.2, 0.25) is 5.91 Å². The normalized spacial score (nSPS) is 16.9. The Bertz CT molecular complexity index is 952. The summed E-state index contributed by atoms with van der Waals surface area (Å²) in [4.78, 5) is 40.2. The number of carbonyl (C=O) groups is 3. The summed E-state index contributed by atoms with van der Waals surface area (Å²) in [6, 6.07) is 12.9. The number of hydrogen-bond donors (Lipinski definition) is 3. The molecular formula is C23H29N4O3+. The molecule has 3 amide bonds. The molecule has 0 spiro atoms. The first-order valence-corrected chi connectivity index (χ1v) is 10.1. The first kappa shape index (κ1) is 21.5. The fourth-order valence-corrected chi connectivity index (χ4v) is 3.84. The summed E-state index contributed by atoms with van der Waals surface area (Å²) < 4.78 is 0. The molecule has 30 heavy (non-hydrogen) atoms. The van der Waals surface area contributed by atoms with Crippen LogP contribution in [0.1, 0.15) is 24.5 Å². The van der Waals surface area contributed by atoms with Crippen LogP contribution in [-0.2, 0) is 14.4 Å². The van der Waals surface area contributed by atoms with Gasteiger partial charge in [0.25, 0.3) is 11.8 Å². The number of amides is 3. The molecule has 0 aliphatic carbocycles. The van der Waals surface area contributed by atoms with E-state index in [-0.39, 0.29) is 43.3 Å². The van der Waals surface area contributed by atoms with Gasteiger partial charge in [-0.2, -0.15) is 0 Å². The summed E-state index contributed by atoms with van der Waals surface area (Å²) in [5.41, 5.74) is 4.15. The molecule has 7 nitrogen and oxygen atoms in total. The van der Waals surface area contributed by atoms with Crippen LogP contribution in [0, 0.1) is 13.8 Å². The number of para-hydroxylation sites is 3. The highest BCUT2D eigenvalue weighted by molar-refractivity contribution is 6.04. The van der Waals surface area contributed by atoms with Crippen LogP contribution in [0.2, 0.25) is 0 Å². The molecule has 2 atom stereocenters. The molecule has 158 valence electrons. The average molecular weight is 410 g/mol. The van der Waals surface area contributed by atoms with Crippen LogP contribution in [0.4, 0.5) is 17.1 Å². The highest BCUT2D eigenvalue weighted by Crippen LogP contribution is 2.31. The number of likely N-dealkylation sites (N-methyl/N-ethyl adjacent to an activating group) is 1. The number of nitrogens with one attached hydrogen (secondary N) is 3. The van der Waals surface area contributed by atoms with Crippen molar-refractivity contribution in [2.45, 2.75) is 33.2 Å². The van der Waals surface area contributed by atoms with Gasteiger partial charge in [-0.25, -0.2) is 0 Å².